The van der Waals surface area contributed by atoms with E-state index in [2.05, 4.69) is 47.8 Å². The molecule has 43 heavy (non-hydrogen) atoms. The molecule has 0 saturated carbocycles. The summed E-state index contributed by atoms with van der Waals surface area (Å²) in [6, 6.07) is 5.37. The number of carbonyl (C=O) groups is 2. The average Bonchev–Trinajstić information content (AvgIpc) is 2.96. The predicted molar refractivity (Wildman–Crippen MR) is 173 cm³/mol. The Morgan fingerprint density at radius 2 is 1.84 bits per heavy atom. The largest absolute Gasteiger partial charge is 0.366 e. The third-order valence-corrected chi connectivity index (χ3v) is 9.81. The second-order valence-corrected chi connectivity index (χ2v) is 13.6. The Morgan fingerprint density at radius 3 is 2.53 bits per heavy atom. The molecule has 1 aromatic heterocycles. The number of aryl methyl sites for hydroxylation is 1. The highest BCUT2D eigenvalue weighted by atomic mass is 79.9. The van der Waals surface area contributed by atoms with Crippen molar-refractivity contribution in [2.75, 3.05) is 36.0 Å². The molecule has 3 rings (SSSR count). The van der Waals surface area contributed by atoms with Crippen LogP contribution < -0.4 is 21.7 Å². The second kappa shape index (κ2) is 17.2. The lowest BCUT2D eigenvalue weighted by Crippen LogP contribution is -2.45. The number of terminal acetylenes is 1. The quantitative estimate of drug-likeness (QED) is 0.141. The number of amides is 2. The molecule has 0 aliphatic carbocycles. The van der Waals surface area contributed by atoms with Crippen molar-refractivity contribution in [2.45, 2.75) is 77.2 Å². The van der Waals surface area contributed by atoms with Gasteiger partial charge >= 0.3 is 0 Å². The number of unbranched alkanes of at least 4 members (excludes halogenated alkanes) is 6. The van der Waals surface area contributed by atoms with Crippen LogP contribution in [-0.2, 0) is 14.8 Å². The molecule has 13 heteroatoms. The number of piperidine rings is 1. The normalized spacial score (nSPS) is 14.2. The molecule has 0 bridgehead atoms. The highest BCUT2D eigenvalue weighted by Gasteiger charge is 2.28. The van der Waals surface area contributed by atoms with E-state index in [1.807, 2.05) is 19.1 Å². The highest BCUT2D eigenvalue weighted by Crippen LogP contribution is 2.28. The maximum Gasteiger partial charge on any atom is 0.251 e. The van der Waals surface area contributed by atoms with Crippen molar-refractivity contribution < 1.29 is 18.0 Å². The van der Waals surface area contributed by atoms with Gasteiger partial charge in [-0.25, -0.2) is 17.7 Å². The minimum Gasteiger partial charge on any atom is -0.366 e. The van der Waals surface area contributed by atoms with Gasteiger partial charge in [0.1, 0.15) is 5.82 Å². The summed E-state index contributed by atoms with van der Waals surface area (Å²) in [7, 11) is -3.49. The zero-order chi connectivity index (χ0) is 31.2. The van der Waals surface area contributed by atoms with Gasteiger partial charge in [-0.3, -0.25) is 9.59 Å². The number of nitrogens with one attached hydrogen (secondary N) is 3. The maximum absolute atomic E-state index is 12.9. The highest BCUT2D eigenvalue weighted by molar-refractivity contribution is 9.10. The molecule has 1 saturated heterocycles. The second-order valence-electron chi connectivity index (χ2n) is 10.7. The number of sulfonamides is 1. The van der Waals surface area contributed by atoms with Crippen molar-refractivity contribution in [1.29, 1.82) is 0 Å². The molecule has 0 radical (unpaired) electrons. The van der Waals surface area contributed by atoms with Gasteiger partial charge in [0.15, 0.2) is 0 Å². The summed E-state index contributed by atoms with van der Waals surface area (Å²) in [5.74, 6) is 2.71. The summed E-state index contributed by atoms with van der Waals surface area (Å²) in [6.45, 7) is 2.64. The molecule has 0 atom stereocenters. The van der Waals surface area contributed by atoms with E-state index in [1.54, 1.807) is 12.3 Å². The van der Waals surface area contributed by atoms with Crippen LogP contribution in [0.1, 0.15) is 80.1 Å². The Kier molecular flexibility index (Phi) is 13.7. The van der Waals surface area contributed by atoms with Gasteiger partial charge in [0.05, 0.1) is 21.5 Å². The summed E-state index contributed by atoms with van der Waals surface area (Å²) in [5.41, 5.74) is 7.25. The Balaban J connectivity index is 1.41. The summed E-state index contributed by atoms with van der Waals surface area (Å²) in [5, 5.41) is 9.20. The molecule has 0 spiro atoms. The SMILES string of the molecule is C#CCCCCCCCCC(=O)NCCS(=O)(=O)N1CCC(Nc2ncc(Br)c(Nc3cccc(C)c3C(N)=O)n2)CC1. The number of anilines is 3. The van der Waals surface area contributed by atoms with E-state index in [9.17, 15) is 18.0 Å². The van der Waals surface area contributed by atoms with Crippen molar-refractivity contribution in [3.05, 3.63) is 40.0 Å². The van der Waals surface area contributed by atoms with Crippen molar-refractivity contribution in [3.8, 4) is 12.3 Å². The van der Waals surface area contributed by atoms with Crippen LogP contribution in [-0.4, -0.2) is 65.9 Å². The molecular formula is C30H42BrN7O4S. The summed E-state index contributed by atoms with van der Waals surface area (Å²) in [6.07, 6.45) is 15.4. The molecular weight excluding hydrogens is 634 g/mol. The van der Waals surface area contributed by atoms with Crippen LogP contribution in [0.5, 0.6) is 0 Å². The Labute approximate surface area is 263 Å². The van der Waals surface area contributed by atoms with Crippen LogP contribution in [0, 0.1) is 19.3 Å². The standard InChI is InChI=1S/C30H42BrN7O4S/c1-3-4-5-6-7-8-9-10-14-26(39)33-17-20-43(41,42)38-18-15-23(16-19-38)35-30-34-21-24(31)29(37-30)36-25-13-11-12-22(2)27(25)28(32)40/h1,11-13,21,23H,4-10,14-20H2,2H3,(H2,32,40)(H,33,39)(H2,34,35,36,37). The number of carbonyl (C=O) groups excluding carboxylic acids is 2. The molecule has 1 fully saturated rings. The zero-order valence-corrected chi connectivity index (χ0v) is 27.1. The average molecular weight is 677 g/mol. The fourth-order valence-corrected chi connectivity index (χ4v) is 6.64. The van der Waals surface area contributed by atoms with Crippen LogP contribution in [0.3, 0.4) is 0 Å². The van der Waals surface area contributed by atoms with Crippen molar-refractivity contribution in [2.24, 2.45) is 5.73 Å². The van der Waals surface area contributed by atoms with Crippen LogP contribution in [0.25, 0.3) is 0 Å². The number of nitrogens with zero attached hydrogens (tertiary/aromatic N) is 3. The third kappa shape index (κ3) is 11.1. The molecule has 1 aliphatic rings. The number of aromatic nitrogens is 2. The third-order valence-electron chi connectivity index (χ3n) is 7.35. The van der Waals surface area contributed by atoms with Crippen LogP contribution in [0.4, 0.5) is 17.5 Å². The lowest BCUT2D eigenvalue weighted by Gasteiger charge is -2.31. The first kappa shape index (κ1) is 34.3. The Bertz CT molecular complexity index is 1390. The molecule has 234 valence electrons. The fraction of sp³-hybridized carbons (Fsp3) is 0.533. The molecule has 11 nitrogen and oxygen atoms in total. The van der Waals surface area contributed by atoms with Gasteiger partial charge in [0, 0.05) is 44.7 Å². The number of primary amides is 1. The number of rotatable bonds is 17. The molecule has 2 heterocycles. The van der Waals surface area contributed by atoms with Gasteiger partial charge in [-0.1, -0.05) is 37.8 Å². The smallest absolute Gasteiger partial charge is 0.251 e. The van der Waals surface area contributed by atoms with Gasteiger partial charge in [-0.05, 0) is 60.2 Å². The van der Waals surface area contributed by atoms with E-state index in [4.69, 9.17) is 12.2 Å². The molecule has 2 aromatic rings. The molecule has 2 amide bonds. The number of hydrogen-bond acceptors (Lipinski definition) is 8. The van der Waals surface area contributed by atoms with E-state index in [0.717, 1.165) is 50.5 Å². The van der Waals surface area contributed by atoms with Gasteiger partial charge in [-0.15, -0.1) is 12.3 Å². The number of halogens is 1. The maximum atomic E-state index is 12.9. The number of nitrogens with two attached hydrogens (primary N) is 1. The molecule has 0 unspecified atom stereocenters. The van der Waals surface area contributed by atoms with E-state index in [0.29, 0.717) is 59.8 Å². The van der Waals surface area contributed by atoms with Crippen molar-refractivity contribution in [3.63, 3.8) is 0 Å². The molecule has 1 aliphatic heterocycles. The predicted octanol–water partition coefficient (Wildman–Crippen LogP) is 4.47. The minimum absolute atomic E-state index is 0.0161. The summed E-state index contributed by atoms with van der Waals surface area (Å²) < 4.78 is 27.8. The van der Waals surface area contributed by atoms with Gasteiger partial charge in [-0.2, -0.15) is 4.98 Å². The minimum atomic E-state index is -3.49. The lowest BCUT2D eigenvalue weighted by molar-refractivity contribution is -0.121. The van der Waals surface area contributed by atoms with Crippen LogP contribution >= 0.6 is 15.9 Å². The zero-order valence-electron chi connectivity index (χ0n) is 24.7. The molecule has 1 aromatic carbocycles. The van der Waals surface area contributed by atoms with E-state index >= 15 is 0 Å². The topological polar surface area (TPSA) is 159 Å². The molecule has 5 N–H and O–H groups in total. The van der Waals surface area contributed by atoms with E-state index in [-0.39, 0.29) is 24.2 Å². The first-order valence-corrected chi connectivity index (χ1v) is 17.1. The lowest BCUT2D eigenvalue weighted by atomic mass is 10.1. The monoisotopic (exact) mass is 675 g/mol. The van der Waals surface area contributed by atoms with Crippen molar-refractivity contribution in [1.82, 2.24) is 19.6 Å². The van der Waals surface area contributed by atoms with Gasteiger partial charge in [0.25, 0.3) is 5.91 Å². The Hall–Kier alpha value is -3.21. The van der Waals surface area contributed by atoms with E-state index < -0.39 is 15.9 Å². The summed E-state index contributed by atoms with van der Waals surface area (Å²) >= 11 is 3.44. The van der Waals surface area contributed by atoms with Gasteiger partial charge < -0.3 is 21.7 Å². The van der Waals surface area contributed by atoms with E-state index in [1.165, 1.54) is 4.31 Å². The fourth-order valence-electron chi connectivity index (χ4n) is 4.97. The summed E-state index contributed by atoms with van der Waals surface area (Å²) in [4.78, 5) is 33.0. The number of hydrogen-bond donors (Lipinski definition) is 4. The van der Waals surface area contributed by atoms with Gasteiger partial charge in [0.2, 0.25) is 21.9 Å². The van der Waals surface area contributed by atoms with Crippen LogP contribution in [0.15, 0.2) is 28.9 Å². The first-order valence-electron chi connectivity index (χ1n) is 14.7. The van der Waals surface area contributed by atoms with Crippen LogP contribution in [0.2, 0.25) is 0 Å². The number of benzene rings is 1. The first-order chi connectivity index (χ1) is 20.6. The van der Waals surface area contributed by atoms with Crippen molar-refractivity contribution >= 4 is 55.2 Å². The Morgan fingerprint density at radius 1 is 1.14 bits per heavy atom.